The summed E-state index contributed by atoms with van der Waals surface area (Å²) in [7, 11) is 0. The van der Waals surface area contributed by atoms with Crippen LogP contribution in [0.4, 0.5) is 0 Å². The highest BCUT2D eigenvalue weighted by atomic mass is 32.2. The topological polar surface area (TPSA) is 115 Å². The lowest BCUT2D eigenvalue weighted by atomic mass is 9.99. The fourth-order valence-electron chi connectivity index (χ4n) is 4.29. The minimum atomic E-state index is -1.13. The lowest BCUT2D eigenvalue weighted by molar-refractivity contribution is 0.0684. The van der Waals surface area contributed by atoms with E-state index in [0.717, 1.165) is 22.9 Å². The summed E-state index contributed by atoms with van der Waals surface area (Å²) in [4.78, 5) is 24.7. The average molecular weight is 515 g/mol. The number of phenolic OH excluding ortho intramolecular Hbond substituents is 2. The number of aromatic hydroxyl groups is 2. The van der Waals surface area contributed by atoms with Gasteiger partial charge in [-0.25, -0.2) is 9.59 Å². The van der Waals surface area contributed by atoms with Crippen LogP contribution in [0.25, 0.3) is 0 Å². The SMILES string of the molecule is O=C(O)c1ccc(O)c(Sc2c(O)ccc(C(=O)O)c2CCc2ccccc2)c1CCc1ccccc1. The van der Waals surface area contributed by atoms with Crippen molar-refractivity contribution in [3.05, 3.63) is 118 Å². The minimum Gasteiger partial charge on any atom is -0.507 e. The van der Waals surface area contributed by atoms with Crippen LogP contribution >= 0.6 is 11.8 Å². The highest BCUT2D eigenvalue weighted by Crippen LogP contribution is 2.45. The second-order valence-electron chi connectivity index (χ2n) is 8.56. The summed E-state index contributed by atoms with van der Waals surface area (Å²) in [6.07, 6.45) is 1.75. The van der Waals surface area contributed by atoms with Crippen molar-refractivity contribution in [1.29, 1.82) is 0 Å². The highest BCUT2D eigenvalue weighted by molar-refractivity contribution is 7.99. The monoisotopic (exact) mass is 514 g/mol. The fourth-order valence-corrected chi connectivity index (χ4v) is 5.51. The number of carbonyl (C=O) groups is 2. The van der Waals surface area contributed by atoms with Crippen molar-refractivity contribution in [1.82, 2.24) is 0 Å². The Labute approximate surface area is 218 Å². The molecule has 4 rings (SSSR count). The van der Waals surface area contributed by atoms with Crippen molar-refractivity contribution < 1.29 is 30.0 Å². The van der Waals surface area contributed by atoms with Crippen LogP contribution in [0.2, 0.25) is 0 Å². The Morgan fingerprint density at radius 3 is 1.27 bits per heavy atom. The molecule has 0 saturated heterocycles. The molecule has 0 aliphatic heterocycles. The van der Waals surface area contributed by atoms with Crippen LogP contribution in [0, 0.1) is 0 Å². The number of rotatable bonds is 10. The zero-order chi connectivity index (χ0) is 26.4. The number of benzene rings is 4. The lowest BCUT2D eigenvalue weighted by Gasteiger charge is -2.18. The van der Waals surface area contributed by atoms with Crippen molar-refractivity contribution in [2.24, 2.45) is 0 Å². The molecule has 0 radical (unpaired) electrons. The Kier molecular flexibility index (Phi) is 8.15. The van der Waals surface area contributed by atoms with Gasteiger partial charge in [0.25, 0.3) is 0 Å². The van der Waals surface area contributed by atoms with Gasteiger partial charge in [0.1, 0.15) is 11.5 Å². The third kappa shape index (κ3) is 6.13. The van der Waals surface area contributed by atoms with E-state index < -0.39 is 11.9 Å². The smallest absolute Gasteiger partial charge is 0.336 e. The zero-order valence-electron chi connectivity index (χ0n) is 19.9. The summed E-state index contributed by atoms with van der Waals surface area (Å²) in [6.45, 7) is 0. The molecule has 188 valence electrons. The van der Waals surface area contributed by atoms with E-state index in [1.54, 1.807) is 0 Å². The molecule has 0 amide bonds. The number of aryl methyl sites for hydroxylation is 2. The maximum absolute atomic E-state index is 12.1. The molecule has 6 nitrogen and oxygen atoms in total. The van der Waals surface area contributed by atoms with Gasteiger partial charge in [-0.3, -0.25) is 0 Å². The molecule has 0 aliphatic rings. The van der Waals surface area contributed by atoms with Crippen LogP contribution in [0.1, 0.15) is 43.0 Å². The molecule has 4 N–H and O–H groups in total. The molecular weight excluding hydrogens is 488 g/mol. The van der Waals surface area contributed by atoms with Crippen LogP contribution in [-0.2, 0) is 25.7 Å². The summed E-state index contributed by atoms with van der Waals surface area (Å²) in [6, 6.07) is 24.6. The molecule has 0 aliphatic carbocycles. The Balaban J connectivity index is 1.78. The second kappa shape index (κ2) is 11.7. The summed E-state index contributed by atoms with van der Waals surface area (Å²) in [5.41, 5.74) is 2.98. The van der Waals surface area contributed by atoms with Crippen LogP contribution in [-0.4, -0.2) is 32.4 Å². The molecule has 0 bridgehead atoms. The first-order valence-corrected chi connectivity index (χ1v) is 12.6. The fraction of sp³-hybridized carbons (Fsp3) is 0.133. The predicted octanol–water partition coefficient (Wildman–Crippen LogP) is 6.22. The van der Waals surface area contributed by atoms with E-state index in [2.05, 4.69) is 0 Å². The van der Waals surface area contributed by atoms with E-state index in [9.17, 15) is 30.0 Å². The Morgan fingerprint density at radius 1 is 0.541 bits per heavy atom. The predicted molar refractivity (Wildman–Crippen MR) is 142 cm³/mol. The molecule has 0 fully saturated rings. The molecule has 0 aromatic heterocycles. The molecule has 7 heteroatoms. The third-order valence-corrected chi connectivity index (χ3v) is 7.48. The first kappa shape index (κ1) is 25.9. The summed E-state index contributed by atoms with van der Waals surface area (Å²) in [5, 5.41) is 41.4. The van der Waals surface area contributed by atoms with Crippen LogP contribution in [0.5, 0.6) is 11.5 Å². The van der Waals surface area contributed by atoms with Crippen molar-refractivity contribution in [2.45, 2.75) is 35.5 Å². The molecule has 37 heavy (non-hydrogen) atoms. The summed E-state index contributed by atoms with van der Waals surface area (Å²) in [5.74, 6) is -2.52. The number of hydrogen-bond acceptors (Lipinski definition) is 5. The number of carboxylic acid groups (broad SMARTS) is 2. The molecule has 4 aromatic carbocycles. The van der Waals surface area contributed by atoms with Crippen LogP contribution in [0.3, 0.4) is 0 Å². The number of phenols is 2. The maximum atomic E-state index is 12.1. The lowest BCUT2D eigenvalue weighted by Crippen LogP contribution is -2.08. The van der Waals surface area contributed by atoms with E-state index in [-0.39, 0.29) is 32.4 Å². The molecule has 0 saturated carbocycles. The van der Waals surface area contributed by atoms with Crippen LogP contribution in [0.15, 0.2) is 94.7 Å². The van der Waals surface area contributed by atoms with Crippen molar-refractivity contribution in [3.63, 3.8) is 0 Å². The van der Waals surface area contributed by atoms with E-state index in [4.69, 9.17) is 0 Å². The molecular formula is C30H26O6S. The molecule has 0 spiro atoms. The second-order valence-corrected chi connectivity index (χ2v) is 9.58. The van der Waals surface area contributed by atoms with Gasteiger partial charge < -0.3 is 20.4 Å². The van der Waals surface area contributed by atoms with Crippen molar-refractivity contribution in [3.8, 4) is 11.5 Å². The first-order valence-electron chi connectivity index (χ1n) is 11.8. The van der Waals surface area contributed by atoms with Gasteiger partial charge in [0.15, 0.2) is 0 Å². The van der Waals surface area contributed by atoms with Crippen molar-refractivity contribution in [2.75, 3.05) is 0 Å². The highest BCUT2D eigenvalue weighted by Gasteiger charge is 2.23. The number of carboxylic acids is 2. The van der Waals surface area contributed by atoms with Gasteiger partial charge in [-0.2, -0.15) is 0 Å². The van der Waals surface area contributed by atoms with Gasteiger partial charge >= 0.3 is 11.9 Å². The van der Waals surface area contributed by atoms with E-state index in [1.165, 1.54) is 24.3 Å². The average Bonchev–Trinajstić information content (AvgIpc) is 2.89. The van der Waals surface area contributed by atoms with E-state index >= 15 is 0 Å². The van der Waals surface area contributed by atoms with E-state index in [1.807, 2.05) is 60.7 Å². The Morgan fingerprint density at radius 2 is 0.919 bits per heavy atom. The van der Waals surface area contributed by atoms with Crippen molar-refractivity contribution >= 4 is 23.7 Å². The summed E-state index contributed by atoms with van der Waals surface area (Å²) < 4.78 is 0. The first-order chi connectivity index (χ1) is 17.8. The number of hydrogen-bond donors (Lipinski definition) is 4. The quantitative estimate of drug-likeness (QED) is 0.199. The normalized spacial score (nSPS) is 10.8. The number of aromatic carboxylic acids is 2. The van der Waals surface area contributed by atoms with Crippen LogP contribution < -0.4 is 0 Å². The van der Waals surface area contributed by atoms with Gasteiger partial charge in [-0.1, -0.05) is 72.4 Å². The van der Waals surface area contributed by atoms with Gasteiger partial charge in [0.05, 0.1) is 20.9 Å². The maximum Gasteiger partial charge on any atom is 0.336 e. The standard InChI is InChI=1S/C30H26O6S/c31-25-17-15-23(29(33)34)21(13-11-19-7-3-1-4-8-19)27(25)37-28-22(14-12-20-9-5-2-6-10-20)24(30(35)36)16-18-26(28)32/h1-10,15-18,31-32H,11-14H2,(H,33,34)(H,35,36). The van der Waals surface area contributed by atoms with Gasteiger partial charge in [0, 0.05) is 0 Å². The Bertz CT molecular complexity index is 1310. The molecule has 0 atom stereocenters. The summed E-state index contributed by atoms with van der Waals surface area (Å²) >= 11 is 1.00. The van der Waals surface area contributed by atoms with Gasteiger partial charge in [-0.15, -0.1) is 0 Å². The van der Waals surface area contributed by atoms with E-state index in [0.29, 0.717) is 36.8 Å². The van der Waals surface area contributed by atoms with Gasteiger partial charge in [0.2, 0.25) is 0 Å². The Hall–Kier alpha value is -4.23. The molecule has 0 heterocycles. The van der Waals surface area contributed by atoms with Gasteiger partial charge in [-0.05, 0) is 72.2 Å². The third-order valence-electron chi connectivity index (χ3n) is 6.16. The minimum absolute atomic E-state index is 0.0518. The molecule has 4 aromatic rings. The zero-order valence-corrected chi connectivity index (χ0v) is 20.7. The molecule has 0 unspecified atom stereocenters. The largest absolute Gasteiger partial charge is 0.507 e.